The number of hydrogen-bond acceptors (Lipinski definition) is 2. The highest BCUT2D eigenvalue weighted by molar-refractivity contribution is 6.32. The summed E-state index contributed by atoms with van der Waals surface area (Å²) in [5, 5.41) is 9.04. The summed E-state index contributed by atoms with van der Waals surface area (Å²) in [6.45, 7) is 0. The minimum absolute atomic E-state index is 0.521. The van der Waals surface area contributed by atoms with Gasteiger partial charge in [0.25, 0.3) is 0 Å². The van der Waals surface area contributed by atoms with Crippen LogP contribution < -0.4 is 0 Å². The fourth-order valence-corrected chi connectivity index (χ4v) is 15.8. The lowest BCUT2D eigenvalue weighted by Crippen LogP contribution is -2.28. The van der Waals surface area contributed by atoms with E-state index < -0.39 is 10.8 Å². The van der Waals surface area contributed by atoms with Gasteiger partial charge in [0, 0.05) is 54.5 Å². The molecule has 19 rings (SSSR count). The summed E-state index contributed by atoms with van der Waals surface area (Å²) in [7, 11) is 0. The van der Waals surface area contributed by atoms with Crippen LogP contribution in [0.25, 0.3) is 121 Å². The van der Waals surface area contributed by atoms with E-state index in [0.29, 0.717) is 0 Å². The van der Waals surface area contributed by atoms with Crippen LogP contribution in [0.5, 0.6) is 0 Å². The highest BCUT2D eigenvalue weighted by atomic mass is 16.3. The van der Waals surface area contributed by atoms with Crippen molar-refractivity contribution in [2.75, 3.05) is 0 Å². The van der Waals surface area contributed by atoms with Crippen LogP contribution in [0.4, 0.5) is 0 Å². The molecule has 0 unspecified atom stereocenters. The molecule has 0 amide bonds. The largest absolute Gasteiger partial charge is 0.456 e. The molecule has 2 aliphatic carbocycles. The maximum Gasteiger partial charge on any atom is 0.136 e. The van der Waals surface area contributed by atoms with Gasteiger partial charge in [-0.3, -0.25) is 0 Å². The van der Waals surface area contributed by atoms with Crippen molar-refractivity contribution in [3.05, 3.63) is 336 Å². The first-order chi connectivity index (χ1) is 41.7. The van der Waals surface area contributed by atoms with Crippen LogP contribution >= 0.6 is 0 Å². The summed E-state index contributed by atoms with van der Waals surface area (Å²) in [5.41, 5.74) is 24.1. The summed E-state index contributed by atoms with van der Waals surface area (Å²) >= 11 is 0. The Kier molecular flexibility index (Phi) is 9.16. The second-order valence-corrected chi connectivity index (χ2v) is 22.9. The van der Waals surface area contributed by atoms with Crippen molar-refractivity contribution < 1.29 is 8.83 Å². The van der Waals surface area contributed by atoms with E-state index in [1.165, 1.54) is 66.8 Å². The van der Waals surface area contributed by atoms with Crippen LogP contribution in [0, 0.1) is 0 Å². The average Bonchev–Trinajstić information content (AvgIpc) is 2.02. The van der Waals surface area contributed by atoms with Crippen molar-refractivity contribution in [2.45, 2.75) is 10.8 Å². The first-order valence-corrected chi connectivity index (χ1v) is 29.1. The lowest BCUT2D eigenvalue weighted by atomic mass is 9.68. The van der Waals surface area contributed by atoms with E-state index in [2.05, 4.69) is 300 Å². The Balaban J connectivity index is 0.938. The minimum atomic E-state index is -0.521. The maximum atomic E-state index is 6.77. The molecule has 0 spiro atoms. The summed E-state index contributed by atoms with van der Waals surface area (Å²) in [6, 6.07) is 108. The number of rotatable bonds is 6. The van der Waals surface area contributed by atoms with Crippen LogP contribution in [-0.2, 0) is 10.8 Å². The lowest BCUT2D eigenvalue weighted by Gasteiger charge is -2.33. The van der Waals surface area contributed by atoms with Crippen LogP contribution in [0.2, 0.25) is 0 Å². The molecule has 13 aromatic carbocycles. The number of fused-ring (bicyclic) bond motifs is 20. The van der Waals surface area contributed by atoms with Gasteiger partial charge in [-0.05, 0) is 140 Å². The van der Waals surface area contributed by atoms with Crippen LogP contribution in [0.1, 0.15) is 44.5 Å². The highest BCUT2D eigenvalue weighted by Gasteiger charge is 2.48. The molecule has 17 aromatic rings. The van der Waals surface area contributed by atoms with Gasteiger partial charge in [0.15, 0.2) is 0 Å². The Labute approximate surface area is 482 Å². The monoisotopic (exact) mass is 1070 g/mol. The third kappa shape index (κ3) is 5.81. The molecule has 0 N–H and O–H groups in total. The highest BCUT2D eigenvalue weighted by Crippen LogP contribution is 2.59. The van der Waals surface area contributed by atoms with Crippen molar-refractivity contribution in [3.8, 4) is 33.6 Å². The van der Waals surface area contributed by atoms with Crippen molar-refractivity contribution >= 4 is 87.5 Å². The van der Waals surface area contributed by atoms with Gasteiger partial charge in [0.05, 0.1) is 32.9 Å². The number of hydrogen-bond donors (Lipinski definition) is 0. The van der Waals surface area contributed by atoms with Crippen molar-refractivity contribution in [2.24, 2.45) is 0 Å². The Bertz CT molecular complexity index is 5180. The summed E-state index contributed by atoms with van der Waals surface area (Å²) < 4.78 is 18.6. The Morgan fingerprint density at radius 3 is 0.976 bits per heavy atom. The molecule has 0 saturated carbocycles. The molecule has 4 nitrogen and oxygen atoms in total. The zero-order chi connectivity index (χ0) is 54.8. The van der Waals surface area contributed by atoms with Gasteiger partial charge >= 0.3 is 0 Å². The summed E-state index contributed by atoms with van der Waals surface area (Å²) in [5.74, 6) is 0. The molecule has 2 aliphatic rings. The minimum Gasteiger partial charge on any atom is -0.456 e. The van der Waals surface area contributed by atoms with Gasteiger partial charge in [-0.15, -0.1) is 0 Å². The number of aromatic nitrogens is 2. The lowest BCUT2D eigenvalue weighted by molar-refractivity contribution is 0.669. The van der Waals surface area contributed by atoms with E-state index in [1.807, 2.05) is 0 Å². The van der Waals surface area contributed by atoms with Gasteiger partial charge in [-0.1, -0.05) is 218 Å². The van der Waals surface area contributed by atoms with Crippen LogP contribution in [-0.4, -0.2) is 9.13 Å². The second-order valence-electron chi connectivity index (χ2n) is 22.9. The molecule has 390 valence electrons. The Hall–Kier alpha value is -10.9. The Morgan fingerprint density at radius 2 is 0.571 bits per heavy atom. The molecule has 4 aromatic heterocycles. The summed E-state index contributed by atoms with van der Waals surface area (Å²) in [4.78, 5) is 0. The molecular weight excluding hydrogens is 1020 g/mol. The van der Waals surface area contributed by atoms with E-state index in [-0.39, 0.29) is 0 Å². The molecule has 0 atom stereocenters. The zero-order valence-corrected chi connectivity index (χ0v) is 45.4. The third-order valence-electron chi connectivity index (χ3n) is 19.1. The fourth-order valence-electron chi connectivity index (χ4n) is 15.8. The topological polar surface area (TPSA) is 36.1 Å². The van der Waals surface area contributed by atoms with Crippen molar-refractivity contribution in [1.82, 2.24) is 9.13 Å². The van der Waals surface area contributed by atoms with E-state index in [0.717, 1.165) is 98.9 Å². The van der Waals surface area contributed by atoms with E-state index in [1.54, 1.807) is 0 Å². The van der Waals surface area contributed by atoms with Gasteiger partial charge < -0.3 is 18.0 Å². The van der Waals surface area contributed by atoms with E-state index in [4.69, 9.17) is 8.83 Å². The summed E-state index contributed by atoms with van der Waals surface area (Å²) in [6.07, 6.45) is 0. The smallest absolute Gasteiger partial charge is 0.136 e. The number of para-hydroxylation sites is 2. The first kappa shape index (κ1) is 45.8. The fraction of sp³-hybridized carbons (Fsp3) is 0.0250. The Morgan fingerprint density at radius 1 is 0.226 bits per heavy atom. The van der Waals surface area contributed by atoms with Crippen molar-refractivity contribution in [3.63, 3.8) is 0 Å². The van der Waals surface area contributed by atoms with Gasteiger partial charge in [-0.25, -0.2) is 0 Å². The maximum absolute atomic E-state index is 6.77. The molecule has 0 aliphatic heterocycles. The van der Waals surface area contributed by atoms with Gasteiger partial charge in [0.1, 0.15) is 22.3 Å². The molecule has 84 heavy (non-hydrogen) atoms. The van der Waals surface area contributed by atoms with Gasteiger partial charge in [0.2, 0.25) is 0 Å². The molecule has 4 heteroatoms. The second kappa shape index (κ2) is 16.8. The standard InChI is InChI=1S/C80H48N2O2/c1-5-21-49(22-6-1)79(50-23-7-2-8-24-50)63-33-17-13-29-55(63)59-45-53(37-39-65(59)79)81-67-41-43-73-77(57-31-15-19-35-71(57)83-73)75(67)61-48-70-62(47-69(61)81)76-68(42-44-74-78(76)58-32-16-20-36-72(58)84-74)82(70)54-38-40-66-60(46-54)56-30-14-18-34-64(56)80(66,51-25-9-3-10-26-51)52-27-11-4-12-28-52/h1-48H. The normalized spacial score (nSPS) is 13.9. The molecule has 0 bridgehead atoms. The number of nitrogens with zero attached hydrogens (tertiary/aromatic N) is 2. The predicted molar refractivity (Wildman–Crippen MR) is 344 cm³/mol. The average molecular weight is 1070 g/mol. The number of benzene rings is 13. The first-order valence-electron chi connectivity index (χ1n) is 29.1. The van der Waals surface area contributed by atoms with Crippen LogP contribution in [0.15, 0.2) is 300 Å². The molecular formula is C80H48N2O2. The van der Waals surface area contributed by atoms with Gasteiger partial charge in [-0.2, -0.15) is 0 Å². The van der Waals surface area contributed by atoms with E-state index in [9.17, 15) is 0 Å². The zero-order valence-electron chi connectivity index (χ0n) is 45.4. The molecule has 0 fully saturated rings. The molecule has 4 heterocycles. The SMILES string of the molecule is c1ccc(C2(c3ccccc3)c3ccccc3-c3cc(-n4c5cc6c7c8c(ccc7n(-c7ccc9c(c7)-c7ccccc7C9(c7ccccc7)c7ccccc7)c6cc5c5c6c(ccc54)oc4ccccc46)oc4ccccc48)ccc32)cc1. The quantitative estimate of drug-likeness (QED) is 0.166. The van der Waals surface area contributed by atoms with Crippen LogP contribution in [0.3, 0.4) is 0 Å². The number of furan rings is 2. The molecule has 0 saturated heterocycles. The van der Waals surface area contributed by atoms with Crippen molar-refractivity contribution in [1.29, 1.82) is 0 Å². The predicted octanol–water partition coefficient (Wildman–Crippen LogP) is 20.4. The molecule has 0 radical (unpaired) electrons. The third-order valence-corrected chi connectivity index (χ3v) is 19.1. The van der Waals surface area contributed by atoms with E-state index >= 15 is 0 Å².